The van der Waals surface area contributed by atoms with E-state index in [1.165, 1.54) is 23.5 Å². The number of carbonyl (C=O) groups is 1. The molecule has 0 amide bonds. The summed E-state index contributed by atoms with van der Waals surface area (Å²) in [5.41, 5.74) is 2.34. The van der Waals surface area contributed by atoms with E-state index in [1.807, 2.05) is 38.1 Å². The molecule has 2 N–H and O–H groups in total. The van der Waals surface area contributed by atoms with Gasteiger partial charge in [-0.05, 0) is 56.5 Å². The first-order valence-corrected chi connectivity index (χ1v) is 12.6. The van der Waals surface area contributed by atoms with Crippen molar-refractivity contribution >= 4 is 32.3 Å². The zero-order valence-corrected chi connectivity index (χ0v) is 19.7. The average Bonchev–Trinajstić information content (AvgIpc) is 3.13. The van der Waals surface area contributed by atoms with Crippen LogP contribution in [0.15, 0.2) is 53.4 Å². The largest absolute Gasteiger partial charge is 0.361 e. The smallest absolute Gasteiger partial charge is 0.240 e. The van der Waals surface area contributed by atoms with Crippen molar-refractivity contribution in [2.45, 2.75) is 38.0 Å². The van der Waals surface area contributed by atoms with E-state index in [2.05, 4.69) is 15.0 Å². The number of ketones is 1. The molecule has 0 spiro atoms. The van der Waals surface area contributed by atoms with Crippen molar-refractivity contribution in [2.75, 3.05) is 18.4 Å². The molecule has 0 fully saturated rings. The fourth-order valence-electron chi connectivity index (χ4n) is 3.16. The monoisotopic (exact) mass is 475 g/mol. The van der Waals surface area contributed by atoms with Crippen LogP contribution in [0.25, 0.3) is 0 Å². The number of unbranched alkanes of at least 4 members (excludes halogenated alkanes) is 2. The standard InChI is InChI=1S/C23H26FN3O3S2/c1-16-8-4-5-9-20(16)21(28)22-17(2)27-23(31-22)25-14-6-3-7-15-26-32(29,30)19-12-10-18(24)11-13-19/h4-5,8-13,26H,3,6-7,14-15H2,1-2H3,(H,25,27). The molecular formula is C23H26FN3O3S2. The number of sulfonamides is 1. The molecular weight excluding hydrogens is 449 g/mol. The number of rotatable bonds is 11. The normalized spacial score (nSPS) is 11.5. The number of aromatic nitrogens is 1. The molecule has 0 aliphatic heterocycles. The number of aryl methyl sites for hydroxylation is 2. The van der Waals surface area contributed by atoms with Gasteiger partial charge in [-0.25, -0.2) is 22.5 Å². The van der Waals surface area contributed by atoms with Crippen LogP contribution in [0, 0.1) is 19.7 Å². The number of halogens is 1. The molecule has 1 heterocycles. The Morgan fingerprint density at radius 3 is 2.41 bits per heavy atom. The van der Waals surface area contributed by atoms with Crippen LogP contribution in [-0.4, -0.2) is 32.3 Å². The maximum Gasteiger partial charge on any atom is 0.240 e. The maximum atomic E-state index is 12.9. The number of benzene rings is 2. The Balaban J connectivity index is 1.41. The molecule has 3 rings (SSSR count). The second kappa shape index (κ2) is 10.8. The molecule has 0 atom stereocenters. The Labute approximate surface area is 192 Å². The Hall–Kier alpha value is -2.62. The van der Waals surface area contributed by atoms with Crippen LogP contribution in [0.1, 0.15) is 45.8 Å². The molecule has 6 nitrogen and oxygen atoms in total. The van der Waals surface area contributed by atoms with Crippen molar-refractivity contribution in [2.24, 2.45) is 0 Å². The van der Waals surface area contributed by atoms with E-state index >= 15 is 0 Å². The summed E-state index contributed by atoms with van der Waals surface area (Å²) in [6.07, 6.45) is 2.33. The fourth-order valence-corrected chi connectivity index (χ4v) is 5.18. The first kappa shape index (κ1) is 24.0. The third kappa shape index (κ3) is 6.21. The van der Waals surface area contributed by atoms with Gasteiger partial charge in [0.2, 0.25) is 15.8 Å². The van der Waals surface area contributed by atoms with Gasteiger partial charge in [-0.1, -0.05) is 42.0 Å². The van der Waals surface area contributed by atoms with E-state index < -0.39 is 15.8 Å². The second-order valence-corrected chi connectivity index (χ2v) is 10.2. The fraction of sp³-hybridized carbons (Fsp3) is 0.304. The van der Waals surface area contributed by atoms with Gasteiger partial charge in [0.25, 0.3) is 0 Å². The summed E-state index contributed by atoms with van der Waals surface area (Å²) >= 11 is 1.35. The summed E-state index contributed by atoms with van der Waals surface area (Å²) in [6.45, 7) is 4.74. The molecule has 0 aliphatic rings. The number of thiazole rings is 1. The van der Waals surface area contributed by atoms with Gasteiger partial charge in [0, 0.05) is 18.7 Å². The SMILES string of the molecule is Cc1ccccc1C(=O)c1sc(NCCCCCNS(=O)(=O)c2ccc(F)cc2)nc1C. The summed E-state index contributed by atoms with van der Waals surface area (Å²) in [6, 6.07) is 12.3. The Bertz CT molecular complexity index is 1180. The van der Waals surface area contributed by atoms with Crippen molar-refractivity contribution in [3.8, 4) is 0 Å². The number of hydrogen-bond acceptors (Lipinski definition) is 6. The van der Waals surface area contributed by atoms with Crippen molar-refractivity contribution < 1.29 is 17.6 Å². The summed E-state index contributed by atoms with van der Waals surface area (Å²) in [5, 5.41) is 3.95. The topological polar surface area (TPSA) is 88.2 Å². The highest BCUT2D eigenvalue weighted by Crippen LogP contribution is 2.26. The van der Waals surface area contributed by atoms with E-state index in [4.69, 9.17) is 0 Å². The predicted molar refractivity (Wildman–Crippen MR) is 125 cm³/mol. The highest BCUT2D eigenvalue weighted by atomic mass is 32.2. The lowest BCUT2D eigenvalue weighted by Gasteiger charge is -2.07. The molecule has 0 radical (unpaired) electrons. The lowest BCUT2D eigenvalue weighted by atomic mass is 10.0. The van der Waals surface area contributed by atoms with Gasteiger partial charge in [-0.2, -0.15) is 0 Å². The van der Waals surface area contributed by atoms with Gasteiger partial charge in [0.15, 0.2) is 5.13 Å². The zero-order valence-electron chi connectivity index (χ0n) is 18.0. The molecule has 3 aromatic rings. The third-order valence-corrected chi connectivity index (χ3v) is 7.53. The molecule has 32 heavy (non-hydrogen) atoms. The highest BCUT2D eigenvalue weighted by Gasteiger charge is 2.18. The van der Waals surface area contributed by atoms with Gasteiger partial charge in [-0.3, -0.25) is 4.79 Å². The zero-order chi connectivity index (χ0) is 23.1. The average molecular weight is 476 g/mol. The van der Waals surface area contributed by atoms with Crippen molar-refractivity contribution in [1.29, 1.82) is 0 Å². The third-order valence-electron chi connectivity index (χ3n) is 4.94. The highest BCUT2D eigenvalue weighted by molar-refractivity contribution is 7.89. The van der Waals surface area contributed by atoms with Gasteiger partial charge in [-0.15, -0.1) is 0 Å². The molecule has 0 saturated heterocycles. The molecule has 0 saturated carbocycles. The molecule has 0 bridgehead atoms. The van der Waals surface area contributed by atoms with Crippen LogP contribution >= 0.6 is 11.3 Å². The van der Waals surface area contributed by atoms with Crippen LogP contribution < -0.4 is 10.0 Å². The number of nitrogens with one attached hydrogen (secondary N) is 2. The van der Waals surface area contributed by atoms with Gasteiger partial charge in [0.05, 0.1) is 15.5 Å². The Morgan fingerprint density at radius 1 is 1.00 bits per heavy atom. The van der Waals surface area contributed by atoms with Crippen LogP contribution in [0.3, 0.4) is 0 Å². The minimum Gasteiger partial charge on any atom is -0.361 e. The Kier molecular flexibility index (Phi) is 8.11. The molecule has 2 aromatic carbocycles. The molecule has 1 aromatic heterocycles. The van der Waals surface area contributed by atoms with E-state index in [0.717, 1.165) is 30.5 Å². The van der Waals surface area contributed by atoms with E-state index in [0.29, 0.717) is 40.8 Å². The number of hydrogen-bond donors (Lipinski definition) is 2. The lowest BCUT2D eigenvalue weighted by molar-refractivity contribution is 0.104. The summed E-state index contributed by atoms with van der Waals surface area (Å²) in [5.74, 6) is -0.488. The van der Waals surface area contributed by atoms with E-state index in [-0.39, 0.29) is 10.7 Å². The summed E-state index contributed by atoms with van der Waals surface area (Å²) in [7, 11) is -3.62. The van der Waals surface area contributed by atoms with Gasteiger partial charge < -0.3 is 5.32 Å². The van der Waals surface area contributed by atoms with Crippen molar-refractivity contribution in [1.82, 2.24) is 9.71 Å². The quantitative estimate of drug-likeness (QED) is 0.310. The van der Waals surface area contributed by atoms with Gasteiger partial charge >= 0.3 is 0 Å². The van der Waals surface area contributed by atoms with Crippen molar-refractivity contribution in [3.63, 3.8) is 0 Å². The molecule has 0 unspecified atom stereocenters. The summed E-state index contributed by atoms with van der Waals surface area (Å²) < 4.78 is 39.8. The predicted octanol–water partition coefficient (Wildman–Crippen LogP) is 4.69. The summed E-state index contributed by atoms with van der Waals surface area (Å²) in [4.78, 5) is 18.0. The Morgan fingerprint density at radius 2 is 1.69 bits per heavy atom. The van der Waals surface area contributed by atoms with Crippen molar-refractivity contribution in [3.05, 3.63) is 76.0 Å². The van der Waals surface area contributed by atoms with Gasteiger partial charge in [0.1, 0.15) is 5.82 Å². The lowest BCUT2D eigenvalue weighted by Crippen LogP contribution is -2.24. The van der Waals surface area contributed by atoms with E-state index in [1.54, 1.807) is 0 Å². The maximum absolute atomic E-state index is 12.9. The van der Waals surface area contributed by atoms with Crippen LogP contribution in [-0.2, 0) is 10.0 Å². The van der Waals surface area contributed by atoms with Crippen LogP contribution in [0.2, 0.25) is 0 Å². The molecule has 0 aliphatic carbocycles. The molecule has 9 heteroatoms. The van der Waals surface area contributed by atoms with Crippen LogP contribution in [0.5, 0.6) is 0 Å². The number of nitrogens with zero attached hydrogens (tertiary/aromatic N) is 1. The minimum absolute atomic E-state index is 0.0143. The second-order valence-electron chi connectivity index (χ2n) is 7.42. The van der Waals surface area contributed by atoms with Crippen LogP contribution in [0.4, 0.5) is 9.52 Å². The first-order chi connectivity index (χ1) is 15.3. The number of carbonyl (C=O) groups excluding carboxylic acids is 1. The first-order valence-electron chi connectivity index (χ1n) is 10.3. The minimum atomic E-state index is -3.62. The van der Waals surface area contributed by atoms with E-state index in [9.17, 15) is 17.6 Å². The number of anilines is 1. The molecule has 170 valence electrons.